The third kappa shape index (κ3) is 2.88. The Balaban J connectivity index is 2.17. The zero-order valence-electron chi connectivity index (χ0n) is 11.1. The van der Waals surface area contributed by atoms with Gasteiger partial charge in [-0.1, -0.05) is 12.1 Å². The van der Waals surface area contributed by atoms with E-state index in [0.29, 0.717) is 18.7 Å². The maximum absolute atomic E-state index is 12.5. The molecular weight excluding hydrogens is 244 g/mol. The molecule has 3 N–H and O–H groups in total. The summed E-state index contributed by atoms with van der Waals surface area (Å²) in [4.78, 5) is 14.2. The highest BCUT2D eigenvalue weighted by molar-refractivity contribution is 5.97. The Morgan fingerprint density at radius 3 is 2.89 bits per heavy atom. The summed E-state index contributed by atoms with van der Waals surface area (Å²) in [7, 11) is 1.68. The predicted molar refractivity (Wildman–Crippen MR) is 72.0 cm³/mol. The van der Waals surface area contributed by atoms with Crippen LogP contribution in [-0.4, -0.2) is 48.3 Å². The molecule has 2 rings (SSSR count). The molecule has 0 aliphatic carbocycles. The fourth-order valence-electron chi connectivity index (χ4n) is 2.53. The maximum atomic E-state index is 12.5. The van der Waals surface area contributed by atoms with Crippen molar-refractivity contribution in [2.24, 2.45) is 5.73 Å². The number of phenolic OH excluding ortho intramolecular Hbond substituents is 1. The summed E-state index contributed by atoms with van der Waals surface area (Å²) in [6.07, 6.45) is 1.69. The molecule has 1 heterocycles. The average Bonchev–Trinajstić information content (AvgIpc) is 2.46. The third-order valence-electron chi connectivity index (χ3n) is 3.67. The lowest BCUT2D eigenvalue weighted by Gasteiger charge is -2.38. The highest BCUT2D eigenvalue weighted by Gasteiger charge is 2.32. The summed E-state index contributed by atoms with van der Waals surface area (Å²) in [6, 6.07) is 6.56. The van der Waals surface area contributed by atoms with Crippen LogP contribution in [0.15, 0.2) is 24.3 Å². The molecule has 0 radical (unpaired) electrons. The zero-order chi connectivity index (χ0) is 13.8. The molecule has 1 aliphatic rings. The van der Waals surface area contributed by atoms with Crippen molar-refractivity contribution >= 4 is 5.91 Å². The van der Waals surface area contributed by atoms with Gasteiger partial charge in [0.1, 0.15) is 5.75 Å². The van der Waals surface area contributed by atoms with Crippen molar-refractivity contribution < 1.29 is 14.6 Å². The van der Waals surface area contributed by atoms with Gasteiger partial charge in [-0.2, -0.15) is 0 Å². The van der Waals surface area contributed by atoms with Crippen molar-refractivity contribution in [3.8, 4) is 5.75 Å². The van der Waals surface area contributed by atoms with E-state index in [0.717, 1.165) is 12.8 Å². The highest BCUT2D eigenvalue weighted by atomic mass is 16.5. The number of aromatic hydroxyl groups is 1. The number of methoxy groups -OCH3 is 1. The van der Waals surface area contributed by atoms with Crippen LogP contribution in [0.2, 0.25) is 0 Å². The normalized spacial score (nSPS) is 23.4. The third-order valence-corrected chi connectivity index (χ3v) is 3.67. The van der Waals surface area contributed by atoms with Gasteiger partial charge in [0.15, 0.2) is 0 Å². The van der Waals surface area contributed by atoms with E-state index in [4.69, 9.17) is 10.5 Å². The van der Waals surface area contributed by atoms with E-state index in [1.165, 1.54) is 6.07 Å². The van der Waals surface area contributed by atoms with Gasteiger partial charge >= 0.3 is 0 Å². The molecule has 19 heavy (non-hydrogen) atoms. The van der Waals surface area contributed by atoms with Gasteiger partial charge in [-0.05, 0) is 25.0 Å². The number of carbonyl (C=O) groups is 1. The lowest BCUT2D eigenvalue weighted by atomic mass is 9.98. The number of ether oxygens (including phenoxy) is 1. The Morgan fingerprint density at radius 1 is 1.53 bits per heavy atom. The van der Waals surface area contributed by atoms with Gasteiger partial charge in [-0.25, -0.2) is 0 Å². The number of nitrogens with two attached hydrogens (primary N) is 1. The molecule has 2 atom stereocenters. The van der Waals surface area contributed by atoms with Crippen molar-refractivity contribution in [2.45, 2.75) is 25.0 Å². The van der Waals surface area contributed by atoms with Crippen LogP contribution < -0.4 is 5.73 Å². The minimum Gasteiger partial charge on any atom is -0.507 e. The number of likely N-dealkylation sites (tertiary alicyclic amines) is 1. The molecule has 0 spiro atoms. The van der Waals surface area contributed by atoms with Gasteiger partial charge in [-0.3, -0.25) is 4.79 Å². The number of nitrogens with zero attached hydrogens (tertiary/aromatic N) is 1. The topological polar surface area (TPSA) is 75.8 Å². The molecule has 1 aromatic carbocycles. The van der Waals surface area contributed by atoms with Crippen LogP contribution in [0.25, 0.3) is 0 Å². The van der Waals surface area contributed by atoms with Crippen LogP contribution in [0.3, 0.4) is 0 Å². The van der Waals surface area contributed by atoms with Crippen LogP contribution >= 0.6 is 0 Å². The van der Waals surface area contributed by atoms with E-state index in [-0.39, 0.29) is 23.8 Å². The first-order valence-corrected chi connectivity index (χ1v) is 6.49. The number of hydrogen-bond donors (Lipinski definition) is 2. The molecule has 1 aromatic rings. The minimum atomic E-state index is -0.164. The number of phenols is 1. The summed E-state index contributed by atoms with van der Waals surface area (Å²) in [5.74, 6) is -0.153. The lowest BCUT2D eigenvalue weighted by molar-refractivity contribution is 0.0138. The second-order valence-electron chi connectivity index (χ2n) is 4.79. The molecule has 5 heteroatoms. The first kappa shape index (κ1) is 13.8. The first-order valence-electron chi connectivity index (χ1n) is 6.49. The molecule has 104 valence electrons. The van der Waals surface area contributed by atoms with Crippen LogP contribution in [0.1, 0.15) is 23.2 Å². The van der Waals surface area contributed by atoms with Gasteiger partial charge in [0.05, 0.1) is 11.7 Å². The van der Waals surface area contributed by atoms with Crippen molar-refractivity contribution in [3.63, 3.8) is 0 Å². The fourth-order valence-corrected chi connectivity index (χ4v) is 2.53. The van der Waals surface area contributed by atoms with Crippen LogP contribution in [0, 0.1) is 0 Å². The van der Waals surface area contributed by atoms with Gasteiger partial charge in [-0.15, -0.1) is 0 Å². The SMILES string of the molecule is COC1CCN(C(=O)c2ccccc2O)C(CN)C1. The molecule has 5 nitrogen and oxygen atoms in total. The molecule has 2 unspecified atom stereocenters. The molecular formula is C14H20N2O3. The molecule has 1 amide bonds. The van der Waals surface area contributed by atoms with Gasteiger partial charge < -0.3 is 20.5 Å². The van der Waals surface area contributed by atoms with E-state index in [1.807, 2.05) is 0 Å². The fraction of sp³-hybridized carbons (Fsp3) is 0.500. The summed E-state index contributed by atoms with van der Waals surface area (Å²) >= 11 is 0. The van der Waals surface area contributed by atoms with Gasteiger partial charge in [0.25, 0.3) is 5.91 Å². The molecule has 0 saturated carbocycles. The molecule has 1 fully saturated rings. The van der Waals surface area contributed by atoms with E-state index in [1.54, 1.807) is 30.2 Å². The van der Waals surface area contributed by atoms with Crippen molar-refractivity contribution in [3.05, 3.63) is 29.8 Å². The number of para-hydroxylation sites is 1. The summed E-state index contributed by atoms with van der Waals surface area (Å²) in [5, 5.41) is 9.77. The Hall–Kier alpha value is -1.59. The number of carbonyl (C=O) groups excluding carboxylic acids is 1. The molecule has 1 aliphatic heterocycles. The predicted octanol–water partition coefficient (Wildman–Crippen LogP) is 0.971. The smallest absolute Gasteiger partial charge is 0.257 e. The second kappa shape index (κ2) is 6.04. The van der Waals surface area contributed by atoms with Crippen LogP contribution in [-0.2, 0) is 4.74 Å². The number of benzene rings is 1. The standard InChI is InChI=1S/C14H20N2O3/c1-19-11-6-7-16(10(8-11)9-15)14(18)12-4-2-3-5-13(12)17/h2-5,10-11,17H,6-9,15H2,1H3. The second-order valence-corrected chi connectivity index (χ2v) is 4.79. The Bertz CT molecular complexity index is 450. The summed E-state index contributed by atoms with van der Waals surface area (Å²) < 4.78 is 5.34. The summed E-state index contributed by atoms with van der Waals surface area (Å²) in [6.45, 7) is 1.01. The molecule has 0 bridgehead atoms. The van der Waals surface area contributed by atoms with Crippen molar-refractivity contribution in [1.82, 2.24) is 4.90 Å². The van der Waals surface area contributed by atoms with E-state index < -0.39 is 0 Å². The van der Waals surface area contributed by atoms with E-state index in [9.17, 15) is 9.90 Å². The number of piperidine rings is 1. The zero-order valence-corrected chi connectivity index (χ0v) is 11.1. The van der Waals surface area contributed by atoms with Gasteiger partial charge in [0, 0.05) is 26.2 Å². The highest BCUT2D eigenvalue weighted by Crippen LogP contribution is 2.24. The Labute approximate surface area is 113 Å². The first-order chi connectivity index (χ1) is 9.17. The number of hydrogen-bond acceptors (Lipinski definition) is 4. The lowest BCUT2D eigenvalue weighted by Crippen LogP contribution is -2.51. The minimum absolute atomic E-state index is 0.0112. The quantitative estimate of drug-likeness (QED) is 0.853. The Kier molecular flexibility index (Phi) is 4.39. The molecule has 0 aromatic heterocycles. The molecule has 1 saturated heterocycles. The van der Waals surface area contributed by atoms with E-state index >= 15 is 0 Å². The van der Waals surface area contributed by atoms with Crippen LogP contribution in [0.5, 0.6) is 5.75 Å². The number of amides is 1. The number of rotatable bonds is 3. The largest absolute Gasteiger partial charge is 0.507 e. The maximum Gasteiger partial charge on any atom is 0.257 e. The van der Waals surface area contributed by atoms with Gasteiger partial charge in [0.2, 0.25) is 0 Å². The summed E-state index contributed by atoms with van der Waals surface area (Å²) in [5.41, 5.74) is 6.08. The van der Waals surface area contributed by atoms with Crippen molar-refractivity contribution in [2.75, 3.05) is 20.2 Å². The Morgan fingerprint density at radius 2 is 2.26 bits per heavy atom. The van der Waals surface area contributed by atoms with E-state index in [2.05, 4.69) is 0 Å². The monoisotopic (exact) mass is 264 g/mol. The van der Waals surface area contributed by atoms with Crippen molar-refractivity contribution in [1.29, 1.82) is 0 Å². The van der Waals surface area contributed by atoms with Crippen LogP contribution in [0.4, 0.5) is 0 Å². The average molecular weight is 264 g/mol.